The van der Waals surface area contributed by atoms with E-state index in [1.165, 1.54) is 7.11 Å². The summed E-state index contributed by atoms with van der Waals surface area (Å²) in [6.07, 6.45) is 4.11. The highest BCUT2D eigenvalue weighted by molar-refractivity contribution is 6.03. The van der Waals surface area contributed by atoms with Gasteiger partial charge in [-0.2, -0.15) is 0 Å². The Hall–Kier alpha value is -5.46. The number of benzene rings is 2. The van der Waals surface area contributed by atoms with Gasteiger partial charge in [-0.15, -0.1) is 0 Å². The van der Waals surface area contributed by atoms with Gasteiger partial charge in [0.15, 0.2) is 0 Å². The van der Waals surface area contributed by atoms with Crippen molar-refractivity contribution in [2.24, 2.45) is 16.8 Å². The molecule has 13 heteroatoms. The zero-order valence-electron chi connectivity index (χ0n) is 33.2. The number of carbonyl (C=O) groups excluding carboxylic acids is 4. The number of rotatable bonds is 11. The molecule has 55 heavy (non-hydrogen) atoms. The van der Waals surface area contributed by atoms with Gasteiger partial charge in [0.25, 0.3) is 0 Å². The monoisotopic (exact) mass is 750 g/mol. The molecule has 0 saturated carbocycles. The second kappa shape index (κ2) is 16.1. The van der Waals surface area contributed by atoms with E-state index in [0.717, 1.165) is 57.8 Å². The van der Waals surface area contributed by atoms with Crippen LogP contribution >= 0.6 is 0 Å². The summed E-state index contributed by atoms with van der Waals surface area (Å²) < 4.78 is 4.74. The molecule has 0 spiro atoms. The Morgan fingerprint density at radius 2 is 1.62 bits per heavy atom. The summed E-state index contributed by atoms with van der Waals surface area (Å²) in [5.41, 5.74) is 5.16. The molecule has 2 aliphatic rings. The number of ether oxygens (including phenoxy) is 1. The van der Waals surface area contributed by atoms with Crippen molar-refractivity contribution in [3.63, 3.8) is 0 Å². The first kappa shape index (κ1) is 39.2. The number of fused-ring (bicyclic) bond motifs is 1. The van der Waals surface area contributed by atoms with E-state index < -0.39 is 23.7 Å². The van der Waals surface area contributed by atoms with Gasteiger partial charge in [-0.1, -0.05) is 52.0 Å². The maximum atomic E-state index is 13.8. The molecule has 4 aromatic rings. The lowest BCUT2D eigenvalue weighted by atomic mass is 9.95. The number of aromatic nitrogens is 3. The molecule has 13 nitrogen and oxygen atoms in total. The van der Waals surface area contributed by atoms with E-state index in [-0.39, 0.29) is 35.6 Å². The number of nitrogens with zero attached hydrogens (tertiary/aromatic N) is 4. The van der Waals surface area contributed by atoms with Gasteiger partial charge < -0.3 is 35.1 Å². The molecule has 292 valence electrons. The van der Waals surface area contributed by atoms with Gasteiger partial charge in [0.05, 0.1) is 25.0 Å². The minimum atomic E-state index is -1.08. The van der Waals surface area contributed by atoms with Crippen molar-refractivity contribution in [1.82, 2.24) is 30.1 Å². The number of aliphatic imine (C=N–C) groups is 1. The number of alkyl carbamates (subject to hydrolysis) is 1. The molecule has 0 aliphatic carbocycles. The van der Waals surface area contributed by atoms with Crippen LogP contribution in [-0.2, 0) is 19.1 Å². The van der Waals surface area contributed by atoms with Crippen molar-refractivity contribution < 1.29 is 23.9 Å². The Balaban J connectivity index is 1.14. The van der Waals surface area contributed by atoms with Gasteiger partial charge in [-0.3, -0.25) is 19.4 Å². The summed E-state index contributed by atoms with van der Waals surface area (Å²) in [4.78, 5) is 72.9. The predicted molar refractivity (Wildman–Crippen MR) is 215 cm³/mol. The normalized spacial score (nSPS) is 19.5. The van der Waals surface area contributed by atoms with Crippen LogP contribution in [0.2, 0.25) is 0 Å². The Kier molecular flexibility index (Phi) is 11.5. The summed E-state index contributed by atoms with van der Waals surface area (Å²) in [7, 11) is 1.26. The van der Waals surface area contributed by atoms with E-state index in [1.54, 1.807) is 11.8 Å². The number of anilines is 1. The van der Waals surface area contributed by atoms with Crippen LogP contribution in [0.3, 0.4) is 0 Å². The van der Waals surface area contributed by atoms with E-state index in [9.17, 15) is 19.2 Å². The lowest BCUT2D eigenvalue weighted by Crippen LogP contribution is -2.59. The number of hydrogen-bond acceptors (Lipinski definition) is 7. The number of H-pyrrole nitrogens is 2. The van der Waals surface area contributed by atoms with Crippen LogP contribution in [0.5, 0.6) is 0 Å². The summed E-state index contributed by atoms with van der Waals surface area (Å²) in [6.45, 7) is 14.5. The minimum absolute atomic E-state index is 0.0571. The van der Waals surface area contributed by atoms with E-state index >= 15 is 0 Å². The van der Waals surface area contributed by atoms with Crippen LogP contribution in [0.25, 0.3) is 33.4 Å². The van der Waals surface area contributed by atoms with Crippen LogP contribution in [0.4, 0.5) is 10.5 Å². The van der Waals surface area contributed by atoms with Crippen LogP contribution in [-0.4, -0.2) is 92.1 Å². The number of nitrogens with one attached hydrogen (secondary N) is 4. The van der Waals surface area contributed by atoms with Crippen LogP contribution < -0.4 is 10.6 Å². The fraction of sp³-hybridized carbons (Fsp3) is 0.476. The maximum Gasteiger partial charge on any atom is 0.407 e. The summed E-state index contributed by atoms with van der Waals surface area (Å²) in [5.74, 6) is 0.174. The van der Waals surface area contributed by atoms with Crippen LogP contribution in [0.1, 0.15) is 86.0 Å². The van der Waals surface area contributed by atoms with Gasteiger partial charge in [0.2, 0.25) is 17.7 Å². The van der Waals surface area contributed by atoms with Gasteiger partial charge in [-0.05, 0) is 93.7 Å². The Morgan fingerprint density at radius 3 is 2.27 bits per heavy atom. The second-order valence-electron chi connectivity index (χ2n) is 15.9. The molecule has 2 aliphatic heterocycles. The lowest BCUT2D eigenvalue weighted by Gasteiger charge is -2.37. The van der Waals surface area contributed by atoms with Crippen molar-refractivity contribution in [3.8, 4) is 22.5 Å². The largest absolute Gasteiger partial charge is 0.453 e. The molecule has 4 atom stereocenters. The van der Waals surface area contributed by atoms with Gasteiger partial charge >= 0.3 is 6.09 Å². The van der Waals surface area contributed by atoms with Crippen molar-refractivity contribution in [2.45, 2.75) is 97.8 Å². The van der Waals surface area contributed by atoms with Crippen LogP contribution in [0.15, 0.2) is 59.7 Å². The first-order valence-corrected chi connectivity index (χ1v) is 19.3. The van der Waals surface area contributed by atoms with E-state index in [0.29, 0.717) is 31.6 Å². The first-order valence-electron chi connectivity index (χ1n) is 19.3. The zero-order valence-corrected chi connectivity index (χ0v) is 33.2. The van der Waals surface area contributed by atoms with Crippen molar-refractivity contribution >= 4 is 46.1 Å². The summed E-state index contributed by atoms with van der Waals surface area (Å²) in [6, 6.07) is 14.6. The van der Waals surface area contributed by atoms with Crippen molar-refractivity contribution in [3.05, 3.63) is 60.6 Å². The average molecular weight is 751 g/mol. The van der Waals surface area contributed by atoms with Gasteiger partial charge in [-0.25, -0.2) is 9.78 Å². The molecule has 4 unspecified atom stereocenters. The smallest absolute Gasteiger partial charge is 0.407 e. The third-order valence-corrected chi connectivity index (χ3v) is 10.9. The number of amides is 4. The van der Waals surface area contributed by atoms with E-state index in [4.69, 9.17) is 9.72 Å². The lowest BCUT2D eigenvalue weighted by molar-refractivity contribution is -0.144. The molecule has 6 rings (SSSR count). The summed E-state index contributed by atoms with van der Waals surface area (Å²) in [5, 5.41) is 6.61. The van der Waals surface area contributed by atoms with Crippen molar-refractivity contribution in [2.75, 3.05) is 25.5 Å². The number of aromatic amines is 2. The van der Waals surface area contributed by atoms with Gasteiger partial charge in [0.1, 0.15) is 23.4 Å². The Bertz CT molecular complexity index is 2080. The fourth-order valence-corrected chi connectivity index (χ4v) is 7.79. The number of hydrogen-bond donors (Lipinski definition) is 4. The van der Waals surface area contributed by atoms with Crippen molar-refractivity contribution in [1.29, 1.82) is 0 Å². The topological polar surface area (TPSA) is 165 Å². The number of methoxy groups -OCH3 is 1. The molecular weight excluding hydrogens is 697 g/mol. The molecule has 4 amide bonds. The SMILES string of the molecule is COC(=O)NC(C(=O)N1CCCC1(C)C(=O)Nc1ccc2[nH]c(-c3ccc(-c4cnc(C5CCCN5C(=O)C(N=C(C)C)C(C)C)[nH]4)cc3)cc2c1)C(C)C. The number of imidazole rings is 1. The molecule has 2 aromatic carbocycles. The summed E-state index contributed by atoms with van der Waals surface area (Å²) >= 11 is 0. The highest BCUT2D eigenvalue weighted by Gasteiger charge is 2.48. The van der Waals surface area contributed by atoms with Gasteiger partial charge in [0, 0.05) is 41.1 Å². The molecule has 2 aromatic heterocycles. The van der Waals surface area contributed by atoms with E-state index in [1.807, 2.05) is 76.9 Å². The highest BCUT2D eigenvalue weighted by Crippen LogP contribution is 2.35. The molecular formula is C42H54N8O5. The Labute approximate surface area is 322 Å². The quantitative estimate of drug-likeness (QED) is 0.120. The van der Waals surface area contributed by atoms with E-state index in [2.05, 4.69) is 49.9 Å². The third kappa shape index (κ3) is 8.16. The number of likely N-dealkylation sites (tertiary alicyclic amines) is 2. The standard InChI is InChI=1S/C42H54N8O5/c1-24(2)35(44-26(5)6)38(51)49-19-9-11-34(49)37-43-23-33(47-37)28-14-12-27(13-15-28)32-22-29-21-30(16-17-31(29)46-32)45-40(53)42(7)18-10-20-50(42)39(52)36(25(3)4)48-41(54)55-8/h12-17,21-25,34-36,46H,9-11,18-20H2,1-8H3,(H,43,47)(H,45,53)(H,48,54). The first-order chi connectivity index (χ1) is 26.2. The average Bonchev–Trinajstić information content (AvgIpc) is 3.98. The predicted octanol–water partition coefficient (Wildman–Crippen LogP) is 7.09. The maximum absolute atomic E-state index is 13.8. The molecule has 0 radical (unpaired) electrons. The Morgan fingerprint density at radius 1 is 0.909 bits per heavy atom. The molecule has 2 saturated heterocycles. The number of carbonyl (C=O) groups is 4. The molecule has 4 heterocycles. The highest BCUT2D eigenvalue weighted by atomic mass is 16.5. The molecule has 0 bridgehead atoms. The second-order valence-corrected chi connectivity index (χ2v) is 15.9. The fourth-order valence-electron chi connectivity index (χ4n) is 7.79. The van der Waals surface area contributed by atoms with Crippen LogP contribution in [0, 0.1) is 11.8 Å². The molecule has 2 fully saturated rings. The molecule has 4 N–H and O–H groups in total. The minimum Gasteiger partial charge on any atom is -0.453 e. The third-order valence-electron chi connectivity index (χ3n) is 10.9. The zero-order chi connectivity index (χ0) is 39.6.